The van der Waals surface area contributed by atoms with Gasteiger partial charge in [-0.05, 0) is 69.5 Å². The lowest BCUT2D eigenvalue weighted by molar-refractivity contribution is 0.591. The van der Waals surface area contributed by atoms with E-state index < -0.39 is 9.52 Å². The van der Waals surface area contributed by atoms with Crippen LogP contribution in [0.15, 0.2) is 67.1 Å². The summed E-state index contributed by atoms with van der Waals surface area (Å²) in [6.45, 7) is 0.586. The molecule has 1 fully saturated rings. The summed E-state index contributed by atoms with van der Waals surface area (Å²) in [6.07, 6.45) is 7.19. The monoisotopic (exact) mass is 460 g/mol. The minimum atomic E-state index is -1.88. The number of rotatable bonds is 5. The maximum absolute atomic E-state index is 13.6. The van der Waals surface area contributed by atoms with Gasteiger partial charge in [0.1, 0.15) is 11.6 Å². The highest BCUT2D eigenvalue weighted by Crippen LogP contribution is 2.28. The number of nitrogens with one attached hydrogen (secondary N) is 1. The van der Waals surface area contributed by atoms with E-state index in [4.69, 9.17) is 0 Å². The second-order valence-corrected chi connectivity index (χ2v) is 11.3. The van der Waals surface area contributed by atoms with Gasteiger partial charge in [0.25, 0.3) is 0 Å². The Labute approximate surface area is 193 Å². The van der Waals surface area contributed by atoms with Crippen molar-refractivity contribution in [3.8, 4) is 11.3 Å². The predicted molar refractivity (Wildman–Crippen MR) is 133 cm³/mol. The second-order valence-electron chi connectivity index (χ2n) is 8.55. The molecule has 5 rings (SSSR count). The highest BCUT2D eigenvalue weighted by molar-refractivity contribution is 8.00. The average Bonchev–Trinajstić information content (AvgIpc) is 2.83. The lowest BCUT2D eigenvalue weighted by atomic mass is 9.98. The number of hydrogen-bond acceptors (Lipinski definition) is 5. The Balaban J connectivity index is 1.29. The molecule has 168 valence electrons. The van der Waals surface area contributed by atoms with Crippen LogP contribution < -0.4 is 5.32 Å². The molecule has 0 spiro atoms. The number of anilines is 1. The topological polar surface area (TPSA) is 67.8 Å². The fraction of sp³-hybridized carbons (Fsp3) is 0.231. The largest absolute Gasteiger partial charge is 0.365 e. The molecule has 1 saturated heterocycles. The fourth-order valence-corrected chi connectivity index (χ4v) is 5.87. The number of nitrogens with zero attached hydrogens (tertiary/aromatic N) is 3. The summed E-state index contributed by atoms with van der Waals surface area (Å²) in [5.74, 6) is 6.04. The van der Waals surface area contributed by atoms with E-state index >= 15 is 0 Å². The Bertz CT molecular complexity index is 1390. The molecule has 33 heavy (non-hydrogen) atoms. The molecule has 0 amide bonds. The van der Waals surface area contributed by atoms with Crippen molar-refractivity contribution >= 4 is 32.0 Å². The first-order valence-corrected chi connectivity index (χ1v) is 13.1. The molecule has 0 radical (unpaired) electrons. The van der Waals surface area contributed by atoms with E-state index in [1.165, 1.54) is 12.1 Å². The minimum absolute atomic E-state index is 0.281. The van der Waals surface area contributed by atoms with Gasteiger partial charge in [0.15, 0.2) is 0 Å². The Morgan fingerprint density at radius 1 is 1.03 bits per heavy atom. The van der Waals surface area contributed by atoms with Gasteiger partial charge in [-0.25, -0.2) is 9.37 Å². The molecule has 0 unspecified atom stereocenters. The molecule has 5 nitrogen and oxygen atoms in total. The molecule has 4 heterocycles. The summed E-state index contributed by atoms with van der Waals surface area (Å²) in [4.78, 5) is 13.7. The molecule has 3 aromatic heterocycles. The maximum Gasteiger partial charge on any atom is 0.135 e. The Hall–Kier alpha value is -3.32. The van der Waals surface area contributed by atoms with Crippen molar-refractivity contribution in [3.63, 3.8) is 0 Å². The molecular formula is C26H25FN4OS. The zero-order valence-corrected chi connectivity index (χ0v) is 19.0. The van der Waals surface area contributed by atoms with Crippen LogP contribution in [0.4, 0.5) is 10.2 Å². The Morgan fingerprint density at radius 2 is 1.88 bits per heavy atom. The third-order valence-electron chi connectivity index (χ3n) is 6.17. The van der Waals surface area contributed by atoms with Crippen LogP contribution >= 0.6 is 0 Å². The van der Waals surface area contributed by atoms with Crippen LogP contribution in [0.1, 0.15) is 30.0 Å². The predicted octanol–water partition coefficient (Wildman–Crippen LogP) is 5.04. The van der Waals surface area contributed by atoms with Crippen molar-refractivity contribution < 1.29 is 8.60 Å². The van der Waals surface area contributed by atoms with Crippen LogP contribution in [-0.4, -0.2) is 36.5 Å². The van der Waals surface area contributed by atoms with Gasteiger partial charge >= 0.3 is 0 Å². The summed E-state index contributed by atoms with van der Waals surface area (Å²) >= 11 is 0. The van der Waals surface area contributed by atoms with E-state index in [1.54, 1.807) is 18.5 Å². The summed E-state index contributed by atoms with van der Waals surface area (Å²) in [6, 6.07) is 14.5. The van der Waals surface area contributed by atoms with E-state index in [2.05, 4.69) is 38.3 Å². The van der Waals surface area contributed by atoms with E-state index in [1.807, 2.05) is 24.4 Å². The van der Waals surface area contributed by atoms with E-state index in [9.17, 15) is 8.60 Å². The number of benzene rings is 1. The van der Waals surface area contributed by atoms with Crippen molar-refractivity contribution in [1.82, 2.24) is 15.0 Å². The van der Waals surface area contributed by atoms with Crippen molar-refractivity contribution in [2.75, 3.05) is 16.8 Å². The first-order chi connectivity index (χ1) is 16.0. The third kappa shape index (κ3) is 4.88. The third-order valence-corrected chi connectivity index (χ3v) is 8.13. The molecule has 0 atom stereocenters. The van der Waals surface area contributed by atoms with E-state index in [0.717, 1.165) is 51.9 Å². The molecule has 4 aromatic rings. The van der Waals surface area contributed by atoms with Crippen LogP contribution in [0, 0.1) is 5.82 Å². The van der Waals surface area contributed by atoms with Gasteiger partial charge in [0.05, 0.1) is 5.69 Å². The first-order valence-electron chi connectivity index (χ1n) is 11.0. The normalized spacial score (nSPS) is 20.6. The molecule has 0 saturated carbocycles. The number of hydrogen-bond donors (Lipinski definition) is 1. The molecule has 0 bridgehead atoms. The van der Waals surface area contributed by atoms with Crippen LogP contribution in [0.2, 0.25) is 0 Å². The van der Waals surface area contributed by atoms with Gasteiger partial charge in [-0.1, -0.05) is 18.2 Å². The van der Waals surface area contributed by atoms with Crippen molar-refractivity contribution in [3.05, 3.63) is 84.2 Å². The van der Waals surface area contributed by atoms with Gasteiger partial charge in [-0.15, -0.1) is 0 Å². The SMILES string of the molecule is C=S1(=O)CCC(c2ccc(CNc3nccc4cc(-c5cccc(F)c5)ncc34)cn2)CC1. The minimum Gasteiger partial charge on any atom is -0.365 e. The van der Waals surface area contributed by atoms with Gasteiger partial charge in [0.2, 0.25) is 0 Å². The zero-order valence-electron chi connectivity index (χ0n) is 18.2. The molecule has 1 aliphatic rings. The van der Waals surface area contributed by atoms with Gasteiger partial charge in [0, 0.05) is 59.2 Å². The summed E-state index contributed by atoms with van der Waals surface area (Å²) in [5, 5.41) is 5.27. The van der Waals surface area contributed by atoms with E-state index in [0.29, 0.717) is 24.0 Å². The number of aromatic nitrogens is 3. The van der Waals surface area contributed by atoms with Crippen molar-refractivity contribution in [1.29, 1.82) is 0 Å². The molecular weight excluding hydrogens is 435 g/mol. The quantitative estimate of drug-likeness (QED) is 0.423. The van der Waals surface area contributed by atoms with Crippen LogP contribution in [0.5, 0.6) is 0 Å². The molecule has 7 heteroatoms. The zero-order chi connectivity index (χ0) is 22.8. The van der Waals surface area contributed by atoms with E-state index in [-0.39, 0.29) is 5.82 Å². The average molecular weight is 461 g/mol. The maximum atomic E-state index is 13.6. The summed E-state index contributed by atoms with van der Waals surface area (Å²) in [7, 11) is -1.88. The summed E-state index contributed by atoms with van der Waals surface area (Å²) in [5.41, 5.74) is 3.57. The lowest BCUT2D eigenvalue weighted by Gasteiger charge is -2.24. The van der Waals surface area contributed by atoms with Crippen LogP contribution in [-0.2, 0) is 16.1 Å². The number of pyridine rings is 3. The number of fused-ring (bicyclic) bond motifs is 1. The summed E-state index contributed by atoms with van der Waals surface area (Å²) < 4.78 is 25.7. The van der Waals surface area contributed by atoms with Crippen molar-refractivity contribution in [2.45, 2.75) is 25.3 Å². The second kappa shape index (κ2) is 8.90. The van der Waals surface area contributed by atoms with Crippen LogP contribution in [0.25, 0.3) is 22.0 Å². The number of halogens is 1. The fourth-order valence-electron chi connectivity index (χ4n) is 4.24. The molecule has 1 aliphatic heterocycles. The van der Waals surface area contributed by atoms with Crippen LogP contribution in [0.3, 0.4) is 0 Å². The molecule has 1 N–H and O–H groups in total. The Kier molecular flexibility index (Phi) is 5.81. The highest BCUT2D eigenvalue weighted by atomic mass is 32.2. The standard InChI is InChI=1S/C26H25FN4OS/c1-33(32)11-8-19(9-12-33)24-6-5-18(15-29-24)16-31-26-23-17-30-25(14-20(23)7-10-28-26)21-3-2-4-22(27)13-21/h2-7,10,13-15,17,19H,1,8-9,11-12,16H2,(H,28,31). The molecule has 0 aliphatic carbocycles. The van der Waals surface area contributed by atoms with Crippen molar-refractivity contribution in [2.24, 2.45) is 0 Å². The van der Waals surface area contributed by atoms with Gasteiger partial charge in [-0.2, -0.15) is 0 Å². The van der Waals surface area contributed by atoms with Gasteiger partial charge < -0.3 is 5.32 Å². The lowest BCUT2D eigenvalue weighted by Crippen LogP contribution is -2.22. The smallest absolute Gasteiger partial charge is 0.135 e. The van der Waals surface area contributed by atoms with Gasteiger partial charge in [-0.3, -0.25) is 14.2 Å². The highest BCUT2D eigenvalue weighted by Gasteiger charge is 2.22. The molecule has 1 aromatic carbocycles. The Morgan fingerprint density at radius 3 is 2.64 bits per heavy atom. The first kappa shape index (κ1) is 21.5.